The van der Waals surface area contributed by atoms with Crippen LogP contribution in [-0.4, -0.2) is 24.4 Å². The van der Waals surface area contributed by atoms with Crippen molar-refractivity contribution in [3.8, 4) is 5.69 Å². The molecule has 1 aromatic heterocycles. The van der Waals surface area contributed by atoms with Gasteiger partial charge in [0, 0.05) is 0 Å². The molecule has 0 saturated heterocycles. The molecule has 0 spiro atoms. The van der Waals surface area contributed by atoms with Crippen LogP contribution in [0.25, 0.3) is 5.69 Å². The van der Waals surface area contributed by atoms with E-state index in [4.69, 9.17) is 0 Å². The van der Waals surface area contributed by atoms with Crippen LogP contribution in [0.3, 0.4) is 0 Å². The molecule has 0 aliphatic heterocycles. The summed E-state index contributed by atoms with van der Waals surface area (Å²) in [6.45, 7) is 1.86. The smallest absolute Gasteiger partial charge is 0.287 e. The number of aromatic amines is 1. The molecule has 0 fully saturated rings. The number of hydrogen-bond acceptors (Lipinski definition) is 6. The van der Waals surface area contributed by atoms with Gasteiger partial charge in [0.15, 0.2) is 5.69 Å². The highest BCUT2D eigenvalue weighted by Gasteiger charge is 2.15. The normalized spacial score (nSPS) is 11.9. The molecule has 1 heterocycles. The number of azo groups is 1. The number of hydrazone groups is 1. The van der Waals surface area contributed by atoms with Crippen molar-refractivity contribution in [1.29, 1.82) is 0 Å². The van der Waals surface area contributed by atoms with Crippen LogP contribution >= 0.6 is 0 Å². The lowest BCUT2D eigenvalue weighted by atomic mass is 10.2. The predicted molar refractivity (Wildman–Crippen MR) is 126 cm³/mol. The van der Waals surface area contributed by atoms with Crippen molar-refractivity contribution in [1.82, 2.24) is 14.6 Å². The van der Waals surface area contributed by atoms with Gasteiger partial charge >= 0.3 is 0 Å². The van der Waals surface area contributed by atoms with E-state index in [9.17, 15) is 13.2 Å². The number of para-hydroxylation sites is 1. The summed E-state index contributed by atoms with van der Waals surface area (Å²) in [5.74, 6) is 0. The molecule has 0 unspecified atom stereocenters. The van der Waals surface area contributed by atoms with Gasteiger partial charge in [-0.05, 0) is 43.3 Å². The lowest BCUT2D eigenvalue weighted by Crippen LogP contribution is -2.18. The first-order valence-corrected chi connectivity index (χ1v) is 11.4. The third-order valence-corrected chi connectivity index (χ3v) is 5.87. The lowest BCUT2D eigenvalue weighted by Gasteiger charge is -2.03. The van der Waals surface area contributed by atoms with Crippen LogP contribution in [0.15, 0.2) is 110 Å². The van der Waals surface area contributed by atoms with Gasteiger partial charge in [-0.2, -0.15) is 18.6 Å². The average Bonchev–Trinajstić information content (AvgIpc) is 3.14. The first kappa shape index (κ1) is 21.9. The second-order valence-corrected chi connectivity index (χ2v) is 8.71. The molecule has 0 bridgehead atoms. The van der Waals surface area contributed by atoms with Crippen LogP contribution in [0.5, 0.6) is 0 Å². The Hall–Kier alpha value is -4.31. The van der Waals surface area contributed by atoms with Crippen molar-refractivity contribution in [2.24, 2.45) is 15.3 Å². The zero-order valence-electron chi connectivity index (χ0n) is 17.6. The molecule has 0 atom stereocenters. The van der Waals surface area contributed by atoms with Gasteiger partial charge in [-0.25, -0.2) is 9.51 Å². The van der Waals surface area contributed by atoms with E-state index in [1.54, 1.807) is 60.7 Å². The van der Waals surface area contributed by atoms with Gasteiger partial charge in [-0.15, -0.1) is 5.11 Å². The Kier molecular flexibility index (Phi) is 6.27. The van der Waals surface area contributed by atoms with E-state index >= 15 is 0 Å². The molecule has 0 aliphatic rings. The standard InChI is InChI=1S/C23H20N6O3S/c1-17-12-14-20(15-13-17)33(31,32)28-24-16-21-22(26-25-18-8-4-2-5-9-18)23(30)29(27-21)19-10-6-3-7-11-19/h2-16,27-28H,1H3/b24-16+,26-25?. The van der Waals surface area contributed by atoms with Gasteiger partial charge in [0.05, 0.1) is 22.5 Å². The van der Waals surface area contributed by atoms with Crippen LogP contribution in [0.1, 0.15) is 11.3 Å². The molecule has 166 valence electrons. The third-order valence-electron chi connectivity index (χ3n) is 4.63. The summed E-state index contributed by atoms with van der Waals surface area (Å²) in [5.41, 5.74) is 1.80. The monoisotopic (exact) mass is 460 g/mol. The first-order valence-electron chi connectivity index (χ1n) is 9.93. The summed E-state index contributed by atoms with van der Waals surface area (Å²) in [4.78, 5) is 15.2. The Balaban J connectivity index is 1.68. The summed E-state index contributed by atoms with van der Waals surface area (Å²) in [6.07, 6.45) is 1.19. The van der Waals surface area contributed by atoms with Gasteiger partial charge < -0.3 is 0 Å². The minimum atomic E-state index is -3.87. The van der Waals surface area contributed by atoms with E-state index in [1.165, 1.54) is 23.0 Å². The number of hydrogen-bond donors (Lipinski definition) is 2. The summed E-state index contributed by atoms with van der Waals surface area (Å²) in [6, 6.07) is 24.2. The molecule has 0 radical (unpaired) electrons. The van der Waals surface area contributed by atoms with Crippen molar-refractivity contribution >= 4 is 27.6 Å². The molecule has 0 amide bonds. The maximum absolute atomic E-state index is 13.0. The van der Waals surface area contributed by atoms with Crippen LogP contribution in [-0.2, 0) is 10.0 Å². The number of rotatable bonds is 7. The minimum absolute atomic E-state index is 0.0130. The maximum Gasteiger partial charge on any atom is 0.299 e. The molecular formula is C23H20N6O3S. The second kappa shape index (κ2) is 9.45. The average molecular weight is 461 g/mol. The maximum atomic E-state index is 13.0. The van der Waals surface area contributed by atoms with E-state index < -0.39 is 15.6 Å². The molecule has 33 heavy (non-hydrogen) atoms. The highest BCUT2D eigenvalue weighted by molar-refractivity contribution is 7.89. The Morgan fingerprint density at radius 3 is 2.18 bits per heavy atom. The fourth-order valence-corrected chi connectivity index (χ4v) is 3.71. The summed E-state index contributed by atoms with van der Waals surface area (Å²) in [5, 5.41) is 14.9. The zero-order valence-corrected chi connectivity index (χ0v) is 18.4. The Labute approximate surface area is 190 Å². The van der Waals surface area contributed by atoms with Crippen LogP contribution in [0.2, 0.25) is 0 Å². The molecule has 4 rings (SSSR count). The number of aryl methyl sites for hydroxylation is 1. The predicted octanol–water partition coefficient (Wildman–Crippen LogP) is 4.20. The fraction of sp³-hybridized carbons (Fsp3) is 0.0435. The summed E-state index contributed by atoms with van der Waals surface area (Å²) < 4.78 is 26.2. The van der Waals surface area contributed by atoms with Crippen LogP contribution in [0, 0.1) is 6.92 Å². The summed E-state index contributed by atoms with van der Waals surface area (Å²) >= 11 is 0. The Bertz CT molecular complexity index is 1460. The first-order chi connectivity index (χ1) is 15.9. The largest absolute Gasteiger partial charge is 0.299 e. The van der Waals surface area contributed by atoms with Gasteiger partial charge in [0.1, 0.15) is 5.69 Å². The highest BCUT2D eigenvalue weighted by Crippen LogP contribution is 2.18. The number of sulfonamides is 1. The van der Waals surface area contributed by atoms with E-state index in [-0.39, 0.29) is 16.3 Å². The van der Waals surface area contributed by atoms with Gasteiger partial charge in [0.25, 0.3) is 15.6 Å². The highest BCUT2D eigenvalue weighted by atomic mass is 32.2. The number of nitrogens with one attached hydrogen (secondary N) is 2. The zero-order chi connectivity index (χ0) is 23.3. The Morgan fingerprint density at radius 2 is 1.52 bits per heavy atom. The van der Waals surface area contributed by atoms with E-state index in [1.807, 2.05) is 19.1 Å². The van der Waals surface area contributed by atoms with Crippen molar-refractivity contribution in [3.05, 3.63) is 107 Å². The van der Waals surface area contributed by atoms with Crippen molar-refractivity contribution in [2.45, 2.75) is 11.8 Å². The molecule has 10 heteroatoms. The Morgan fingerprint density at radius 1 is 0.879 bits per heavy atom. The SMILES string of the molecule is Cc1ccc(S(=O)(=O)N/N=C/c2[nH]n(-c3ccccc3)c(=O)c2N=Nc2ccccc2)cc1. The molecule has 3 aromatic carbocycles. The lowest BCUT2D eigenvalue weighted by molar-refractivity contribution is 0.584. The molecule has 0 saturated carbocycles. The molecule has 0 aliphatic carbocycles. The quantitative estimate of drug-likeness (QED) is 0.244. The van der Waals surface area contributed by atoms with Gasteiger partial charge in [-0.1, -0.05) is 54.1 Å². The summed E-state index contributed by atoms with van der Waals surface area (Å²) in [7, 11) is -3.87. The van der Waals surface area contributed by atoms with Crippen molar-refractivity contribution in [3.63, 3.8) is 0 Å². The number of benzene rings is 3. The van der Waals surface area contributed by atoms with E-state index in [0.29, 0.717) is 11.4 Å². The molecule has 2 N–H and O–H groups in total. The van der Waals surface area contributed by atoms with Crippen LogP contribution in [0.4, 0.5) is 11.4 Å². The topological polar surface area (TPSA) is 121 Å². The molecular weight excluding hydrogens is 440 g/mol. The van der Waals surface area contributed by atoms with Crippen molar-refractivity contribution < 1.29 is 8.42 Å². The van der Waals surface area contributed by atoms with E-state index in [0.717, 1.165) is 5.56 Å². The van der Waals surface area contributed by atoms with E-state index in [2.05, 4.69) is 25.3 Å². The minimum Gasteiger partial charge on any atom is -0.287 e. The molecule has 4 aromatic rings. The number of H-pyrrole nitrogens is 1. The number of nitrogens with zero attached hydrogens (tertiary/aromatic N) is 4. The fourth-order valence-electron chi connectivity index (χ4n) is 2.92. The van der Waals surface area contributed by atoms with Gasteiger partial charge in [0.2, 0.25) is 0 Å². The third kappa shape index (κ3) is 5.13. The van der Waals surface area contributed by atoms with Crippen LogP contribution < -0.4 is 10.4 Å². The second-order valence-electron chi connectivity index (χ2n) is 7.05. The van der Waals surface area contributed by atoms with Gasteiger partial charge in [-0.3, -0.25) is 9.89 Å². The molecule has 9 nitrogen and oxygen atoms in total. The van der Waals surface area contributed by atoms with Crippen molar-refractivity contribution in [2.75, 3.05) is 0 Å². The number of aromatic nitrogens is 2.